The highest BCUT2D eigenvalue weighted by Gasteiger charge is 2.17. The van der Waals surface area contributed by atoms with E-state index in [1.54, 1.807) is 12.1 Å². The number of nitrogens with two attached hydrogens (primary N) is 1. The molecule has 1 atom stereocenters. The number of nitrogens with one attached hydrogen (secondary N) is 1. The minimum absolute atomic E-state index is 0. The first kappa shape index (κ1) is 22.2. The van der Waals surface area contributed by atoms with E-state index in [9.17, 15) is 9.18 Å². The van der Waals surface area contributed by atoms with Crippen molar-refractivity contribution in [2.45, 2.75) is 39.4 Å². The van der Waals surface area contributed by atoms with Crippen LogP contribution in [0.2, 0.25) is 0 Å². The number of carbonyl (C=O) groups is 1. The molecular formula is C20H25FN4O4. The minimum Gasteiger partial charge on any atom is -0.461 e. The highest BCUT2D eigenvalue weighted by molar-refractivity contribution is 5.94. The summed E-state index contributed by atoms with van der Waals surface area (Å²) in [5.41, 5.74) is 6.09. The summed E-state index contributed by atoms with van der Waals surface area (Å²) < 4.78 is 30.7. The highest BCUT2D eigenvalue weighted by atomic mass is 19.1. The molecule has 2 heterocycles. The van der Waals surface area contributed by atoms with Crippen molar-refractivity contribution in [3.63, 3.8) is 0 Å². The number of hydrogen-bond acceptors (Lipinski definition) is 7. The Labute approximate surface area is 168 Å². The van der Waals surface area contributed by atoms with Gasteiger partial charge in [-0.25, -0.2) is 14.4 Å². The van der Waals surface area contributed by atoms with Gasteiger partial charge in [-0.2, -0.15) is 0 Å². The predicted octanol–water partition coefficient (Wildman–Crippen LogP) is 2.85. The van der Waals surface area contributed by atoms with E-state index in [1.807, 2.05) is 0 Å². The molecule has 1 aliphatic rings. The van der Waals surface area contributed by atoms with Crippen LogP contribution in [0, 0.1) is 11.2 Å². The zero-order valence-corrected chi connectivity index (χ0v) is 15.2. The number of carbonyl (C=O) groups excluding carboxylic acids is 1. The lowest BCUT2D eigenvalue weighted by atomic mass is 10.1. The van der Waals surface area contributed by atoms with Crippen molar-refractivity contribution in [3.05, 3.63) is 42.0 Å². The largest absolute Gasteiger partial charge is 0.461 e. The molecule has 3 N–H and O–H groups in total. The van der Waals surface area contributed by atoms with Gasteiger partial charge >= 0.3 is 12.0 Å². The molecule has 0 aliphatic carbocycles. The Bertz CT molecular complexity index is 839. The van der Waals surface area contributed by atoms with Crippen LogP contribution in [0.3, 0.4) is 0 Å². The Balaban J connectivity index is 0.00000300. The number of nitrogens with zero attached hydrogens (tertiary/aromatic N) is 2. The van der Waals surface area contributed by atoms with E-state index < -0.39 is 11.8 Å². The summed E-state index contributed by atoms with van der Waals surface area (Å²) in [6.45, 7) is 0.873. The Hall–Kier alpha value is -3.07. The molecule has 0 amide bonds. The van der Waals surface area contributed by atoms with Crippen molar-refractivity contribution in [1.29, 1.82) is 5.41 Å². The monoisotopic (exact) mass is 404 g/mol. The van der Waals surface area contributed by atoms with Crippen molar-refractivity contribution in [3.8, 4) is 17.1 Å². The molecule has 156 valence electrons. The van der Waals surface area contributed by atoms with E-state index >= 15 is 0 Å². The topological polar surface area (TPSA) is 120 Å². The summed E-state index contributed by atoms with van der Waals surface area (Å²) in [6, 6.07) is 4.95. The van der Waals surface area contributed by atoms with Gasteiger partial charge in [-0.15, -0.1) is 0 Å². The predicted molar refractivity (Wildman–Crippen MR) is 105 cm³/mol. The number of benzene rings is 1. The number of esters is 1. The van der Waals surface area contributed by atoms with Gasteiger partial charge in [-0.3, -0.25) is 10.2 Å². The van der Waals surface area contributed by atoms with Crippen molar-refractivity contribution in [2.75, 3.05) is 13.2 Å². The van der Waals surface area contributed by atoms with E-state index in [4.69, 9.17) is 25.4 Å². The van der Waals surface area contributed by atoms with Crippen LogP contribution >= 0.6 is 0 Å². The second kappa shape index (κ2) is 10.5. The van der Waals surface area contributed by atoms with Gasteiger partial charge in [0, 0.05) is 35.7 Å². The number of halogens is 1. The van der Waals surface area contributed by atoms with Crippen LogP contribution < -0.4 is 10.5 Å². The van der Waals surface area contributed by atoms with Crippen molar-refractivity contribution in [2.24, 2.45) is 5.73 Å². The molecular weight excluding hydrogens is 379 g/mol. The summed E-state index contributed by atoms with van der Waals surface area (Å²) in [4.78, 5) is 19.7. The first-order chi connectivity index (χ1) is 13.5. The van der Waals surface area contributed by atoms with Crippen molar-refractivity contribution < 1.29 is 23.4 Å². The lowest BCUT2D eigenvalue weighted by Crippen LogP contribution is -2.17. The third kappa shape index (κ3) is 6.21. The molecule has 1 saturated heterocycles. The lowest BCUT2D eigenvalue weighted by molar-refractivity contribution is -0.143. The van der Waals surface area contributed by atoms with Crippen LogP contribution in [0.25, 0.3) is 11.1 Å². The smallest absolute Gasteiger partial charge is 0.316 e. The van der Waals surface area contributed by atoms with Crippen LogP contribution in [0.5, 0.6) is 6.01 Å². The van der Waals surface area contributed by atoms with Gasteiger partial charge in [0.25, 0.3) is 0 Å². The molecule has 1 aliphatic heterocycles. The summed E-state index contributed by atoms with van der Waals surface area (Å²) in [6.07, 6.45) is 4.65. The highest BCUT2D eigenvalue weighted by Crippen LogP contribution is 2.25. The second-order valence-electron chi connectivity index (χ2n) is 6.34. The van der Waals surface area contributed by atoms with Crippen molar-refractivity contribution >= 4 is 11.8 Å². The molecule has 1 fully saturated rings. The van der Waals surface area contributed by atoms with Gasteiger partial charge in [0.05, 0.1) is 6.10 Å². The zero-order valence-electron chi connectivity index (χ0n) is 15.2. The molecule has 2 aromatic rings. The fourth-order valence-electron chi connectivity index (χ4n) is 2.75. The number of aromatic nitrogens is 2. The number of amidine groups is 1. The summed E-state index contributed by atoms with van der Waals surface area (Å²) >= 11 is 0. The van der Waals surface area contributed by atoms with E-state index in [0.717, 1.165) is 19.4 Å². The summed E-state index contributed by atoms with van der Waals surface area (Å²) in [7, 11) is 0. The maximum atomic E-state index is 14.8. The van der Waals surface area contributed by atoms with Gasteiger partial charge in [0.1, 0.15) is 31.3 Å². The molecule has 0 spiro atoms. The molecule has 0 radical (unpaired) electrons. The van der Waals surface area contributed by atoms with E-state index in [0.29, 0.717) is 12.2 Å². The fourth-order valence-corrected chi connectivity index (χ4v) is 2.75. The standard InChI is InChI=1S/C19H21FN4O4.CH4/c20-18-12(10-27-17(25)7-16(21)22)3-1-5-15(18)13-8-23-19(24-9-13)28-11-14-4-2-6-26-14;/h1,3,5,8-9,14H,2,4,6-7,10-11H2,(H3,21,22);1H4. The maximum absolute atomic E-state index is 14.8. The molecule has 1 aromatic carbocycles. The van der Waals surface area contributed by atoms with Crippen molar-refractivity contribution in [1.82, 2.24) is 9.97 Å². The van der Waals surface area contributed by atoms with Gasteiger partial charge in [-0.05, 0) is 12.8 Å². The van der Waals surface area contributed by atoms with Crippen LogP contribution in [0.4, 0.5) is 4.39 Å². The molecule has 1 aromatic heterocycles. The summed E-state index contributed by atoms with van der Waals surface area (Å²) in [5.74, 6) is -1.53. The van der Waals surface area contributed by atoms with Gasteiger partial charge in [0.15, 0.2) is 0 Å². The quantitative estimate of drug-likeness (QED) is 0.394. The first-order valence-corrected chi connectivity index (χ1v) is 8.85. The Morgan fingerprint density at radius 1 is 1.34 bits per heavy atom. The van der Waals surface area contributed by atoms with E-state index in [-0.39, 0.29) is 49.5 Å². The second-order valence-corrected chi connectivity index (χ2v) is 6.34. The molecule has 0 bridgehead atoms. The van der Waals surface area contributed by atoms with Crippen LogP contribution in [-0.4, -0.2) is 41.1 Å². The number of hydrogen-bond donors (Lipinski definition) is 2. The molecule has 29 heavy (non-hydrogen) atoms. The van der Waals surface area contributed by atoms with E-state index in [1.165, 1.54) is 18.5 Å². The Morgan fingerprint density at radius 3 is 2.76 bits per heavy atom. The molecule has 3 rings (SSSR count). The normalized spacial score (nSPS) is 15.4. The third-order valence-corrected chi connectivity index (χ3v) is 4.16. The van der Waals surface area contributed by atoms with Crippen LogP contribution in [-0.2, 0) is 20.9 Å². The molecule has 0 saturated carbocycles. The lowest BCUT2D eigenvalue weighted by Gasteiger charge is -2.11. The van der Waals surface area contributed by atoms with Gasteiger partial charge < -0.3 is 19.9 Å². The first-order valence-electron chi connectivity index (χ1n) is 8.85. The molecule has 9 heteroatoms. The van der Waals surface area contributed by atoms with E-state index in [2.05, 4.69) is 9.97 Å². The minimum atomic E-state index is -0.687. The van der Waals surface area contributed by atoms with Crippen LogP contribution in [0.1, 0.15) is 32.3 Å². The summed E-state index contributed by atoms with van der Waals surface area (Å²) in [5, 5.41) is 7.06. The SMILES string of the molecule is C.N=C(N)CC(=O)OCc1cccc(-c2cnc(OCC3CCCO3)nc2)c1F. The molecule has 8 nitrogen and oxygen atoms in total. The Kier molecular flexibility index (Phi) is 8.02. The maximum Gasteiger partial charge on any atom is 0.316 e. The zero-order chi connectivity index (χ0) is 19.9. The third-order valence-electron chi connectivity index (χ3n) is 4.16. The average Bonchev–Trinajstić information content (AvgIpc) is 3.19. The molecule has 1 unspecified atom stereocenters. The number of rotatable bonds is 8. The Morgan fingerprint density at radius 2 is 2.10 bits per heavy atom. The fraction of sp³-hybridized carbons (Fsp3) is 0.400. The number of ether oxygens (including phenoxy) is 3. The van der Waals surface area contributed by atoms with Gasteiger partial charge in [-0.1, -0.05) is 25.6 Å². The average molecular weight is 404 g/mol. The van der Waals surface area contributed by atoms with Gasteiger partial charge in [0.2, 0.25) is 0 Å². The van der Waals surface area contributed by atoms with Crippen LogP contribution in [0.15, 0.2) is 30.6 Å².